The van der Waals surface area contributed by atoms with E-state index < -0.39 is 0 Å². The Kier molecular flexibility index (Phi) is 3.56. The van der Waals surface area contributed by atoms with Crippen molar-refractivity contribution in [3.05, 3.63) is 17.3 Å². The smallest absolute Gasteiger partial charge is 0.202 e. The molecule has 86 valence electrons. The van der Waals surface area contributed by atoms with E-state index in [0.29, 0.717) is 11.0 Å². The SMILES string of the molecule is CSCCCn1c(N)nc2cc(Cl)cnc21. The molecular formula is C10H13ClN4S. The second-order valence-corrected chi connectivity index (χ2v) is 4.89. The lowest BCUT2D eigenvalue weighted by atomic mass is 10.4. The molecule has 0 fully saturated rings. The number of anilines is 1. The van der Waals surface area contributed by atoms with Gasteiger partial charge in [0.05, 0.1) is 5.02 Å². The summed E-state index contributed by atoms with van der Waals surface area (Å²) in [6, 6.07) is 1.78. The largest absolute Gasteiger partial charge is 0.369 e. The Bertz CT molecular complexity index is 497. The van der Waals surface area contributed by atoms with Gasteiger partial charge >= 0.3 is 0 Å². The van der Waals surface area contributed by atoms with Gasteiger partial charge in [-0.2, -0.15) is 11.8 Å². The van der Waals surface area contributed by atoms with Crippen LogP contribution in [0, 0.1) is 0 Å². The predicted molar refractivity (Wildman–Crippen MR) is 69.9 cm³/mol. The zero-order chi connectivity index (χ0) is 11.5. The Morgan fingerprint density at radius 3 is 3.12 bits per heavy atom. The van der Waals surface area contributed by atoms with Crippen molar-refractivity contribution in [1.29, 1.82) is 0 Å². The van der Waals surface area contributed by atoms with Crippen molar-refractivity contribution >= 4 is 40.5 Å². The van der Waals surface area contributed by atoms with Gasteiger partial charge in [0, 0.05) is 12.7 Å². The van der Waals surface area contributed by atoms with Crippen molar-refractivity contribution in [2.75, 3.05) is 17.7 Å². The fourth-order valence-corrected chi connectivity index (χ4v) is 2.16. The molecule has 0 spiro atoms. The summed E-state index contributed by atoms with van der Waals surface area (Å²) in [4.78, 5) is 8.50. The highest BCUT2D eigenvalue weighted by molar-refractivity contribution is 7.98. The highest BCUT2D eigenvalue weighted by Crippen LogP contribution is 2.19. The number of aromatic nitrogens is 3. The number of nitrogens with zero attached hydrogens (tertiary/aromatic N) is 3. The second-order valence-electron chi connectivity index (χ2n) is 3.46. The van der Waals surface area contributed by atoms with Crippen LogP contribution in [0.1, 0.15) is 6.42 Å². The van der Waals surface area contributed by atoms with E-state index >= 15 is 0 Å². The first-order chi connectivity index (χ1) is 7.72. The molecule has 0 saturated carbocycles. The van der Waals surface area contributed by atoms with Crippen LogP contribution in [-0.2, 0) is 6.54 Å². The fraction of sp³-hybridized carbons (Fsp3) is 0.400. The van der Waals surface area contributed by atoms with Crippen molar-refractivity contribution in [3.63, 3.8) is 0 Å². The maximum atomic E-state index is 5.85. The van der Waals surface area contributed by atoms with Gasteiger partial charge in [-0.1, -0.05) is 11.6 Å². The Morgan fingerprint density at radius 2 is 2.38 bits per heavy atom. The number of aryl methyl sites for hydroxylation is 1. The molecule has 0 aliphatic rings. The molecule has 6 heteroatoms. The molecule has 2 aromatic heterocycles. The molecule has 2 rings (SSSR count). The number of imidazole rings is 1. The summed E-state index contributed by atoms with van der Waals surface area (Å²) in [6.45, 7) is 0.845. The minimum Gasteiger partial charge on any atom is -0.369 e. The van der Waals surface area contributed by atoms with Crippen molar-refractivity contribution in [1.82, 2.24) is 14.5 Å². The number of nitrogen functional groups attached to an aromatic ring is 1. The Morgan fingerprint density at radius 1 is 1.56 bits per heavy atom. The molecule has 16 heavy (non-hydrogen) atoms. The molecule has 0 atom stereocenters. The number of thioether (sulfide) groups is 1. The van der Waals surface area contributed by atoms with Gasteiger partial charge in [0.1, 0.15) is 5.52 Å². The van der Waals surface area contributed by atoms with E-state index in [1.54, 1.807) is 12.3 Å². The van der Waals surface area contributed by atoms with Gasteiger partial charge in [0.25, 0.3) is 0 Å². The average Bonchev–Trinajstić information content (AvgIpc) is 2.55. The molecular weight excluding hydrogens is 244 g/mol. The standard InChI is InChI=1S/C10H13ClN4S/c1-16-4-2-3-15-9-8(14-10(15)12)5-7(11)6-13-9/h5-6H,2-4H2,1H3,(H2,12,14). The van der Waals surface area contributed by atoms with Crippen LogP contribution in [0.25, 0.3) is 11.2 Å². The number of nitrogens with two attached hydrogens (primary N) is 1. The quantitative estimate of drug-likeness (QED) is 0.854. The summed E-state index contributed by atoms with van der Waals surface area (Å²) in [7, 11) is 0. The summed E-state index contributed by atoms with van der Waals surface area (Å²) in [5.41, 5.74) is 7.41. The van der Waals surface area contributed by atoms with E-state index in [1.807, 2.05) is 16.3 Å². The molecule has 0 amide bonds. The van der Waals surface area contributed by atoms with Crippen LogP contribution >= 0.6 is 23.4 Å². The van der Waals surface area contributed by atoms with Crippen molar-refractivity contribution in [2.45, 2.75) is 13.0 Å². The van der Waals surface area contributed by atoms with E-state index in [0.717, 1.165) is 29.9 Å². The van der Waals surface area contributed by atoms with Crippen LogP contribution in [0.2, 0.25) is 5.02 Å². The van der Waals surface area contributed by atoms with Crippen LogP contribution < -0.4 is 5.73 Å². The zero-order valence-corrected chi connectivity index (χ0v) is 10.6. The molecule has 0 aliphatic carbocycles. The lowest BCUT2D eigenvalue weighted by molar-refractivity contribution is 0.707. The minimum absolute atomic E-state index is 0.505. The van der Waals surface area contributed by atoms with Crippen LogP contribution in [0.4, 0.5) is 5.95 Å². The molecule has 2 N–H and O–H groups in total. The molecule has 0 radical (unpaired) electrons. The molecule has 2 aromatic rings. The van der Waals surface area contributed by atoms with Crippen molar-refractivity contribution in [2.24, 2.45) is 0 Å². The first-order valence-electron chi connectivity index (χ1n) is 4.98. The number of halogens is 1. The van der Waals surface area contributed by atoms with E-state index in [1.165, 1.54) is 0 Å². The maximum absolute atomic E-state index is 5.85. The monoisotopic (exact) mass is 256 g/mol. The Labute approximate surface area is 103 Å². The fourth-order valence-electron chi connectivity index (χ4n) is 1.59. The highest BCUT2D eigenvalue weighted by atomic mass is 35.5. The predicted octanol–water partition coefficient (Wildman–Crippen LogP) is 2.42. The van der Waals surface area contributed by atoms with Gasteiger partial charge in [-0.05, 0) is 24.5 Å². The number of fused-ring (bicyclic) bond motifs is 1. The molecule has 0 bridgehead atoms. The van der Waals surface area contributed by atoms with E-state index in [4.69, 9.17) is 17.3 Å². The summed E-state index contributed by atoms with van der Waals surface area (Å²) in [5, 5.41) is 0.585. The van der Waals surface area contributed by atoms with Crippen LogP contribution in [0.5, 0.6) is 0 Å². The highest BCUT2D eigenvalue weighted by Gasteiger charge is 2.09. The van der Waals surface area contributed by atoms with Gasteiger partial charge in [0.15, 0.2) is 5.65 Å². The van der Waals surface area contributed by atoms with Gasteiger partial charge in [-0.25, -0.2) is 9.97 Å². The van der Waals surface area contributed by atoms with Crippen molar-refractivity contribution in [3.8, 4) is 0 Å². The lowest BCUT2D eigenvalue weighted by Crippen LogP contribution is -2.04. The third-order valence-electron chi connectivity index (χ3n) is 2.31. The third-order valence-corrected chi connectivity index (χ3v) is 3.21. The molecule has 4 nitrogen and oxygen atoms in total. The first kappa shape index (κ1) is 11.5. The second kappa shape index (κ2) is 4.93. The number of rotatable bonds is 4. The van der Waals surface area contributed by atoms with E-state index in [-0.39, 0.29) is 0 Å². The normalized spacial score (nSPS) is 11.1. The van der Waals surface area contributed by atoms with E-state index in [9.17, 15) is 0 Å². The summed E-state index contributed by atoms with van der Waals surface area (Å²) >= 11 is 7.67. The van der Waals surface area contributed by atoms with Gasteiger partial charge < -0.3 is 5.73 Å². The number of pyridine rings is 1. The number of hydrogen-bond donors (Lipinski definition) is 1. The van der Waals surface area contributed by atoms with E-state index in [2.05, 4.69) is 16.2 Å². The summed E-state index contributed by atoms with van der Waals surface area (Å²) < 4.78 is 1.93. The summed E-state index contributed by atoms with van der Waals surface area (Å²) in [6.07, 6.45) is 4.77. The van der Waals surface area contributed by atoms with Gasteiger partial charge in [0.2, 0.25) is 5.95 Å². The van der Waals surface area contributed by atoms with Crippen molar-refractivity contribution < 1.29 is 0 Å². The lowest BCUT2D eigenvalue weighted by Gasteiger charge is -2.04. The zero-order valence-electron chi connectivity index (χ0n) is 8.98. The maximum Gasteiger partial charge on any atom is 0.202 e. The number of hydrogen-bond acceptors (Lipinski definition) is 4. The van der Waals surface area contributed by atoms with Gasteiger partial charge in [-0.3, -0.25) is 4.57 Å². The Hall–Kier alpha value is -0.940. The first-order valence-corrected chi connectivity index (χ1v) is 6.75. The molecule has 0 aromatic carbocycles. The molecule has 0 unspecified atom stereocenters. The molecule has 0 saturated heterocycles. The topological polar surface area (TPSA) is 56.7 Å². The molecule has 0 aliphatic heterocycles. The third kappa shape index (κ3) is 2.25. The van der Waals surface area contributed by atoms with Crippen LogP contribution in [-0.4, -0.2) is 26.5 Å². The molecule has 2 heterocycles. The summed E-state index contributed by atoms with van der Waals surface area (Å²) in [5.74, 6) is 1.61. The van der Waals surface area contributed by atoms with Gasteiger partial charge in [-0.15, -0.1) is 0 Å². The Balaban J connectivity index is 2.32. The minimum atomic E-state index is 0.505. The van der Waals surface area contributed by atoms with Crippen LogP contribution in [0.3, 0.4) is 0 Å². The van der Waals surface area contributed by atoms with Crippen LogP contribution in [0.15, 0.2) is 12.3 Å². The average molecular weight is 257 g/mol.